The monoisotopic (exact) mass is 438 g/mol. The lowest BCUT2D eigenvalue weighted by Gasteiger charge is -2.17. The van der Waals surface area contributed by atoms with Crippen LogP contribution in [0.1, 0.15) is 62.1 Å². The summed E-state index contributed by atoms with van der Waals surface area (Å²) >= 11 is 1.86. The summed E-state index contributed by atoms with van der Waals surface area (Å²) in [6.45, 7) is 4.88. The van der Waals surface area contributed by atoms with E-state index in [2.05, 4.69) is 32.0 Å². The van der Waals surface area contributed by atoms with Crippen molar-refractivity contribution in [3.63, 3.8) is 0 Å². The number of benzene rings is 2. The van der Waals surface area contributed by atoms with E-state index in [0.717, 1.165) is 36.0 Å². The van der Waals surface area contributed by atoms with Gasteiger partial charge in [0, 0.05) is 29.2 Å². The zero-order valence-electron chi connectivity index (χ0n) is 18.2. The zero-order valence-corrected chi connectivity index (χ0v) is 19.0. The number of carbonyl (C=O) groups is 1. The molecule has 1 aliphatic heterocycles. The van der Waals surface area contributed by atoms with Crippen molar-refractivity contribution in [2.24, 2.45) is 0 Å². The Bertz CT molecular complexity index is 1150. The quantitative estimate of drug-likeness (QED) is 0.442. The van der Waals surface area contributed by atoms with Crippen LogP contribution in [0.3, 0.4) is 0 Å². The molecule has 164 valence electrons. The van der Waals surface area contributed by atoms with Crippen LogP contribution in [0.5, 0.6) is 0 Å². The summed E-state index contributed by atoms with van der Waals surface area (Å²) in [6, 6.07) is 13.9. The maximum atomic E-state index is 13.7. The molecule has 0 saturated carbocycles. The molecule has 2 heterocycles. The topological polar surface area (TPSA) is 64.2 Å². The largest absolute Gasteiger partial charge is 0.481 e. The number of hydrogen-bond acceptors (Lipinski definition) is 3. The van der Waals surface area contributed by atoms with Crippen LogP contribution in [-0.2, 0) is 11.3 Å². The van der Waals surface area contributed by atoms with E-state index in [-0.39, 0.29) is 24.1 Å². The predicted molar refractivity (Wildman–Crippen MR) is 126 cm³/mol. The molecule has 0 bridgehead atoms. The molecule has 2 unspecified atom stereocenters. The normalized spacial score (nSPS) is 16.5. The first-order valence-corrected chi connectivity index (χ1v) is 12.1. The number of aromatic nitrogens is 2. The third kappa shape index (κ3) is 4.31. The molecular formula is C25H30N2O3S. The lowest BCUT2D eigenvalue weighted by molar-refractivity contribution is -0.137. The fraction of sp³-hybridized carbons (Fsp3) is 0.440. The van der Waals surface area contributed by atoms with E-state index in [1.807, 2.05) is 40.6 Å². The molecule has 0 saturated heterocycles. The molecule has 31 heavy (non-hydrogen) atoms. The number of hydrogen-bond donors (Lipinski definition) is 1. The van der Waals surface area contributed by atoms with Crippen molar-refractivity contribution in [3.8, 4) is 0 Å². The van der Waals surface area contributed by atoms with E-state index in [4.69, 9.17) is 0 Å². The van der Waals surface area contributed by atoms with Crippen molar-refractivity contribution >= 4 is 28.8 Å². The average molecular weight is 439 g/mol. The lowest BCUT2D eigenvalue weighted by Crippen LogP contribution is -2.30. The van der Waals surface area contributed by atoms with Gasteiger partial charge in [-0.15, -0.1) is 11.8 Å². The minimum atomic E-state index is -0.859. The Morgan fingerprint density at radius 3 is 2.68 bits per heavy atom. The summed E-state index contributed by atoms with van der Waals surface area (Å²) in [5.74, 6) is 0.374. The molecule has 0 amide bonds. The molecule has 6 heteroatoms. The second kappa shape index (κ2) is 9.35. The van der Waals surface area contributed by atoms with E-state index in [0.29, 0.717) is 13.0 Å². The van der Waals surface area contributed by atoms with Crippen LogP contribution in [0.2, 0.25) is 0 Å². The molecule has 1 aromatic heterocycles. The number of para-hydroxylation sites is 2. The number of fused-ring (bicyclic) bond motifs is 2. The number of unbranched alkanes of at least 4 members (excludes halogenated alkanes) is 2. The molecule has 0 aliphatic carbocycles. The van der Waals surface area contributed by atoms with Crippen molar-refractivity contribution in [2.75, 3.05) is 5.75 Å². The summed E-state index contributed by atoms with van der Waals surface area (Å²) in [6.07, 6.45) is 3.70. The summed E-state index contributed by atoms with van der Waals surface area (Å²) < 4.78 is 3.62. The van der Waals surface area contributed by atoms with Gasteiger partial charge in [-0.1, -0.05) is 50.5 Å². The Hall–Kier alpha value is -2.47. The highest BCUT2D eigenvalue weighted by atomic mass is 32.2. The van der Waals surface area contributed by atoms with Gasteiger partial charge in [-0.2, -0.15) is 0 Å². The third-order valence-electron chi connectivity index (χ3n) is 6.32. The number of aryl methyl sites for hydroxylation is 1. The fourth-order valence-corrected chi connectivity index (χ4v) is 6.17. The van der Waals surface area contributed by atoms with E-state index in [1.54, 1.807) is 4.57 Å². The van der Waals surface area contributed by atoms with Crippen molar-refractivity contribution < 1.29 is 9.90 Å². The predicted octanol–water partition coefficient (Wildman–Crippen LogP) is 5.60. The van der Waals surface area contributed by atoms with E-state index in [9.17, 15) is 14.7 Å². The SMILES string of the molecule is CCCCCC(CC(=O)O)n1c(=O)n(CC2CSc3cccc(C)c32)c2ccccc21. The van der Waals surface area contributed by atoms with Crippen LogP contribution >= 0.6 is 11.8 Å². The first-order valence-electron chi connectivity index (χ1n) is 11.1. The maximum Gasteiger partial charge on any atom is 0.329 e. The Balaban J connectivity index is 1.76. The highest BCUT2D eigenvalue weighted by Crippen LogP contribution is 2.42. The Labute approximate surface area is 187 Å². The van der Waals surface area contributed by atoms with Crippen molar-refractivity contribution in [1.82, 2.24) is 9.13 Å². The number of carboxylic acid groups (broad SMARTS) is 1. The molecule has 3 aromatic rings. The number of carboxylic acids is 1. The number of imidazole rings is 1. The van der Waals surface area contributed by atoms with E-state index >= 15 is 0 Å². The summed E-state index contributed by atoms with van der Waals surface area (Å²) in [5, 5.41) is 9.52. The Morgan fingerprint density at radius 1 is 1.16 bits per heavy atom. The minimum absolute atomic E-state index is 0.0289. The van der Waals surface area contributed by atoms with Crippen LogP contribution in [0.25, 0.3) is 11.0 Å². The van der Waals surface area contributed by atoms with Gasteiger partial charge in [0.2, 0.25) is 0 Å². The number of thioether (sulfide) groups is 1. The fourth-order valence-electron chi connectivity index (χ4n) is 4.86. The molecule has 0 fully saturated rings. The van der Waals surface area contributed by atoms with Crippen molar-refractivity contribution in [2.45, 2.75) is 69.4 Å². The number of nitrogens with zero attached hydrogens (tertiary/aromatic N) is 2. The van der Waals surface area contributed by atoms with Gasteiger partial charge < -0.3 is 5.11 Å². The van der Waals surface area contributed by atoms with Gasteiger partial charge in [-0.3, -0.25) is 13.9 Å². The van der Waals surface area contributed by atoms with Gasteiger partial charge in [0.05, 0.1) is 17.5 Å². The smallest absolute Gasteiger partial charge is 0.329 e. The van der Waals surface area contributed by atoms with Crippen LogP contribution < -0.4 is 5.69 Å². The third-order valence-corrected chi connectivity index (χ3v) is 7.56. The van der Waals surface area contributed by atoms with Crippen LogP contribution in [0.15, 0.2) is 52.2 Å². The molecule has 1 N–H and O–H groups in total. The van der Waals surface area contributed by atoms with E-state index < -0.39 is 5.97 Å². The lowest BCUT2D eigenvalue weighted by atomic mass is 9.96. The average Bonchev–Trinajstić information content (AvgIpc) is 3.28. The Kier molecular flexibility index (Phi) is 6.56. The van der Waals surface area contributed by atoms with Crippen molar-refractivity contribution in [3.05, 3.63) is 64.1 Å². The molecule has 2 aromatic carbocycles. The van der Waals surface area contributed by atoms with Crippen molar-refractivity contribution in [1.29, 1.82) is 0 Å². The second-order valence-corrected chi connectivity index (χ2v) is 9.56. The molecule has 1 aliphatic rings. The van der Waals surface area contributed by atoms with Gasteiger partial charge in [-0.05, 0) is 42.7 Å². The maximum absolute atomic E-state index is 13.7. The molecular weight excluding hydrogens is 408 g/mol. The first kappa shape index (κ1) is 21.8. The van der Waals surface area contributed by atoms with Crippen LogP contribution in [0, 0.1) is 6.92 Å². The second-order valence-electron chi connectivity index (χ2n) is 8.49. The number of aliphatic carboxylic acids is 1. The molecule has 4 rings (SSSR count). The van der Waals surface area contributed by atoms with Gasteiger partial charge in [0.25, 0.3) is 0 Å². The molecule has 5 nitrogen and oxygen atoms in total. The standard InChI is InChI=1S/C25H30N2O3S/c1-3-4-5-10-19(14-23(28)29)27-21-12-7-6-11-20(21)26(25(27)30)15-18-16-31-22-13-8-9-17(2)24(18)22/h6-9,11-13,18-19H,3-5,10,14-16H2,1-2H3,(H,28,29). The van der Waals surface area contributed by atoms with Gasteiger partial charge in [0.1, 0.15) is 0 Å². The Morgan fingerprint density at radius 2 is 1.94 bits per heavy atom. The van der Waals surface area contributed by atoms with E-state index in [1.165, 1.54) is 16.0 Å². The minimum Gasteiger partial charge on any atom is -0.481 e. The molecule has 2 atom stereocenters. The highest BCUT2D eigenvalue weighted by molar-refractivity contribution is 7.99. The molecule has 0 radical (unpaired) electrons. The number of rotatable bonds is 9. The molecule has 0 spiro atoms. The highest BCUT2D eigenvalue weighted by Gasteiger charge is 2.28. The summed E-state index contributed by atoms with van der Waals surface area (Å²) in [7, 11) is 0. The first-order chi connectivity index (χ1) is 15.0. The van der Waals surface area contributed by atoms with Crippen LogP contribution in [-0.4, -0.2) is 26.0 Å². The summed E-state index contributed by atoms with van der Waals surface area (Å²) in [5.41, 5.74) is 4.26. The van der Waals surface area contributed by atoms with Crippen LogP contribution in [0.4, 0.5) is 0 Å². The summed E-state index contributed by atoms with van der Waals surface area (Å²) in [4.78, 5) is 26.6. The van der Waals surface area contributed by atoms with Gasteiger partial charge in [-0.25, -0.2) is 4.79 Å². The van der Waals surface area contributed by atoms with Gasteiger partial charge in [0.15, 0.2) is 0 Å². The zero-order chi connectivity index (χ0) is 22.0. The van der Waals surface area contributed by atoms with Gasteiger partial charge >= 0.3 is 11.7 Å².